The molecule has 134 valence electrons. The highest BCUT2D eigenvalue weighted by molar-refractivity contribution is 7.71. The first-order valence-corrected chi connectivity index (χ1v) is 8.83. The number of hydrogen-bond donors (Lipinski definition) is 0. The summed E-state index contributed by atoms with van der Waals surface area (Å²) in [4.78, 5) is 9.13. The summed E-state index contributed by atoms with van der Waals surface area (Å²) in [5.74, 6) is 0.826. The van der Waals surface area contributed by atoms with Gasteiger partial charge >= 0.3 is 0 Å². The van der Waals surface area contributed by atoms with Crippen LogP contribution in [-0.4, -0.2) is 45.8 Å². The lowest BCUT2D eigenvalue weighted by Crippen LogP contribution is -2.47. The molecule has 0 amide bonds. The number of hydrogen-bond acceptors (Lipinski definition) is 6. The van der Waals surface area contributed by atoms with Crippen LogP contribution in [0, 0.1) is 10.7 Å². The molecule has 6 nitrogen and oxygen atoms in total. The van der Waals surface area contributed by atoms with E-state index in [1.54, 1.807) is 29.1 Å². The quantitative estimate of drug-likeness (QED) is 0.657. The van der Waals surface area contributed by atoms with Crippen LogP contribution in [0.1, 0.15) is 0 Å². The van der Waals surface area contributed by atoms with E-state index in [0.717, 1.165) is 32.0 Å². The first kappa shape index (κ1) is 16.9. The second-order valence-corrected chi connectivity index (χ2v) is 6.44. The summed E-state index contributed by atoms with van der Waals surface area (Å²) in [6.07, 6.45) is 1.81. The number of anilines is 1. The predicted molar refractivity (Wildman–Crippen MR) is 98.7 cm³/mol. The molecule has 0 spiro atoms. The third-order valence-electron chi connectivity index (χ3n) is 4.39. The topological polar surface area (TPSA) is 50.3 Å². The van der Waals surface area contributed by atoms with Crippen LogP contribution in [0.4, 0.5) is 10.2 Å². The van der Waals surface area contributed by atoms with Crippen LogP contribution in [0.25, 0.3) is 11.5 Å². The highest BCUT2D eigenvalue weighted by atomic mass is 32.1. The molecular weight excluding hydrogens is 353 g/mol. The molecule has 3 aromatic rings. The van der Waals surface area contributed by atoms with Crippen LogP contribution in [0.2, 0.25) is 0 Å². The lowest BCUT2D eigenvalue weighted by molar-refractivity contribution is 0.192. The number of pyridine rings is 1. The minimum absolute atomic E-state index is 0.209. The average molecular weight is 371 g/mol. The van der Waals surface area contributed by atoms with Gasteiger partial charge in [0.25, 0.3) is 4.84 Å². The SMILES string of the molecule is Fc1ccccc1-c1nn(CN2CCN(c3ccccn3)CC2)c(=S)o1. The van der Waals surface area contributed by atoms with Gasteiger partial charge in [0, 0.05) is 32.4 Å². The van der Waals surface area contributed by atoms with Gasteiger partial charge in [0.2, 0.25) is 5.89 Å². The maximum atomic E-state index is 13.9. The number of aromatic nitrogens is 3. The summed E-state index contributed by atoms with van der Waals surface area (Å²) in [6.45, 7) is 4.00. The van der Waals surface area contributed by atoms with Crippen molar-refractivity contribution in [2.24, 2.45) is 0 Å². The molecule has 0 bridgehead atoms. The van der Waals surface area contributed by atoms with Gasteiger partial charge in [-0.05, 0) is 36.5 Å². The zero-order chi connectivity index (χ0) is 17.9. The van der Waals surface area contributed by atoms with Gasteiger partial charge in [-0.25, -0.2) is 14.1 Å². The molecule has 0 N–H and O–H groups in total. The summed E-state index contributed by atoms with van der Waals surface area (Å²) in [7, 11) is 0. The van der Waals surface area contributed by atoms with E-state index >= 15 is 0 Å². The Morgan fingerprint density at radius 3 is 2.54 bits per heavy atom. The van der Waals surface area contributed by atoms with Crippen molar-refractivity contribution in [3.63, 3.8) is 0 Å². The van der Waals surface area contributed by atoms with Gasteiger partial charge in [-0.15, -0.1) is 5.10 Å². The molecule has 0 unspecified atom stereocenters. The monoisotopic (exact) mass is 371 g/mol. The molecule has 1 saturated heterocycles. The number of rotatable bonds is 4. The fraction of sp³-hybridized carbons (Fsp3) is 0.278. The molecule has 8 heteroatoms. The molecule has 2 aromatic heterocycles. The molecule has 1 fully saturated rings. The lowest BCUT2D eigenvalue weighted by Gasteiger charge is -2.34. The van der Waals surface area contributed by atoms with Gasteiger partial charge in [0.05, 0.1) is 12.2 Å². The van der Waals surface area contributed by atoms with Gasteiger partial charge in [-0.1, -0.05) is 18.2 Å². The largest absolute Gasteiger partial charge is 0.409 e. The molecule has 4 rings (SSSR count). The van der Waals surface area contributed by atoms with Gasteiger partial charge in [0.15, 0.2) is 0 Å². The molecule has 0 saturated carbocycles. The summed E-state index contributed by atoms with van der Waals surface area (Å²) >= 11 is 5.25. The Hall–Kier alpha value is -2.58. The van der Waals surface area contributed by atoms with Crippen molar-refractivity contribution in [2.45, 2.75) is 6.67 Å². The van der Waals surface area contributed by atoms with Crippen molar-refractivity contribution < 1.29 is 8.81 Å². The normalized spacial score (nSPS) is 15.3. The van der Waals surface area contributed by atoms with Gasteiger partial charge in [-0.3, -0.25) is 4.90 Å². The summed E-state index contributed by atoms with van der Waals surface area (Å²) in [5.41, 5.74) is 0.317. The Balaban J connectivity index is 1.43. The van der Waals surface area contributed by atoms with Crippen molar-refractivity contribution in [3.05, 3.63) is 59.3 Å². The minimum atomic E-state index is -0.375. The van der Waals surface area contributed by atoms with E-state index in [1.807, 2.05) is 18.2 Å². The Labute approximate surface area is 155 Å². The van der Waals surface area contributed by atoms with Crippen LogP contribution in [-0.2, 0) is 6.67 Å². The standard InChI is InChI=1S/C18H18FN5OS/c19-15-6-2-1-5-14(15)17-21-24(18(26)25-17)13-22-9-11-23(12-10-22)16-7-3-4-8-20-16/h1-8H,9-13H2. The van der Waals surface area contributed by atoms with E-state index in [2.05, 4.69) is 19.9 Å². The maximum Gasteiger partial charge on any atom is 0.288 e. The number of nitrogens with zero attached hydrogens (tertiary/aromatic N) is 5. The van der Waals surface area contributed by atoms with Crippen LogP contribution in [0.5, 0.6) is 0 Å². The van der Waals surface area contributed by atoms with Crippen LogP contribution >= 0.6 is 12.2 Å². The van der Waals surface area contributed by atoms with E-state index in [1.165, 1.54) is 6.07 Å². The van der Waals surface area contributed by atoms with Crippen LogP contribution < -0.4 is 4.90 Å². The predicted octanol–water partition coefficient (Wildman–Crippen LogP) is 3.19. The Kier molecular flexibility index (Phi) is 4.77. The number of piperazine rings is 1. The second-order valence-electron chi connectivity index (χ2n) is 6.09. The Morgan fingerprint density at radius 1 is 1.04 bits per heavy atom. The molecule has 1 aliphatic heterocycles. The third kappa shape index (κ3) is 3.51. The first-order chi connectivity index (χ1) is 12.7. The smallest absolute Gasteiger partial charge is 0.288 e. The van der Waals surface area contributed by atoms with E-state index < -0.39 is 0 Å². The Morgan fingerprint density at radius 2 is 1.81 bits per heavy atom. The summed E-state index contributed by atoms with van der Waals surface area (Å²) in [5, 5.41) is 4.35. The van der Waals surface area contributed by atoms with Crippen molar-refractivity contribution in [2.75, 3.05) is 31.1 Å². The number of halogens is 1. The van der Waals surface area contributed by atoms with Crippen molar-refractivity contribution in [1.82, 2.24) is 19.7 Å². The molecule has 0 atom stereocenters. The second kappa shape index (κ2) is 7.35. The fourth-order valence-electron chi connectivity index (χ4n) is 2.99. The maximum absolute atomic E-state index is 13.9. The first-order valence-electron chi connectivity index (χ1n) is 8.42. The van der Waals surface area contributed by atoms with E-state index in [4.69, 9.17) is 16.6 Å². The van der Waals surface area contributed by atoms with Gasteiger partial charge in [0.1, 0.15) is 11.6 Å². The van der Waals surface area contributed by atoms with Gasteiger partial charge in [-0.2, -0.15) is 0 Å². The Bertz CT molecular complexity index is 934. The van der Waals surface area contributed by atoms with Crippen molar-refractivity contribution >= 4 is 18.0 Å². The minimum Gasteiger partial charge on any atom is -0.409 e. The molecule has 26 heavy (non-hydrogen) atoms. The zero-order valence-corrected chi connectivity index (χ0v) is 14.9. The molecule has 0 radical (unpaired) electrons. The molecule has 1 aliphatic rings. The van der Waals surface area contributed by atoms with E-state index in [0.29, 0.717) is 12.2 Å². The van der Waals surface area contributed by atoms with Crippen molar-refractivity contribution in [1.29, 1.82) is 0 Å². The van der Waals surface area contributed by atoms with E-state index in [-0.39, 0.29) is 16.5 Å². The highest BCUT2D eigenvalue weighted by Crippen LogP contribution is 2.21. The fourth-order valence-corrected chi connectivity index (χ4v) is 3.17. The average Bonchev–Trinajstić information content (AvgIpc) is 3.04. The zero-order valence-electron chi connectivity index (χ0n) is 14.1. The van der Waals surface area contributed by atoms with Gasteiger partial charge < -0.3 is 9.32 Å². The van der Waals surface area contributed by atoms with Crippen molar-refractivity contribution in [3.8, 4) is 11.5 Å². The number of benzene rings is 1. The highest BCUT2D eigenvalue weighted by Gasteiger charge is 2.20. The molecular formula is C18H18FN5OS. The van der Waals surface area contributed by atoms with E-state index in [9.17, 15) is 4.39 Å². The van der Waals surface area contributed by atoms with Crippen LogP contribution in [0.15, 0.2) is 53.1 Å². The molecule has 1 aromatic carbocycles. The summed E-state index contributed by atoms with van der Waals surface area (Å²) < 4.78 is 21.0. The third-order valence-corrected chi connectivity index (χ3v) is 4.68. The molecule has 0 aliphatic carbocycles. The molecule has 3 heterocycles. The van der Waals surface area contributed by atoms with Crippen LogP contribution in [0.3, 0.4) is 0 Å². The summed E-state index contributed by atoms with van der Waals surface area (Å²) in [6, 6.07) is 12.3. The lowest BCUT2D eigenvalue weighted by atomic mass is 10.2.